The van der Waals surface area contributed by atoms with Crippen molar-refractivity contribution in [1.82, 2.24) is 5.43 Å². The summed E-state index contributed by atoms with van der Waals surface area (Å²) in [5.74, 6) is -1.09. The molecule has 1 heterocycles. The van der Waals surface area contributed by atoms with Crippen LogP contribution >= 0.6 is 0 Å². The Hall–Kier alpha value is -3.15. The molecule has 2 aromatic carbocycles. The first-order valence-corrected chi connectivity index (χ1v) is 7.00. The molecule has 0 aromatic heterocycles. The standard InChI is InChI=1S/C17H14N2O4/c1-23-17(22)12-8-6-11(7-9-12)16(21)18-19-14-5-3-2-4-13(14)10-15(19)20/h2-9H,10H2,1H3,(H,18,21). The SMILES string of the molecule is COC(=O)c1ccc(C(=O)NN2C(=O)Cc3ccccc32)cc1. The van der Waals surface area contributed by atoms with Crippen molar-refractivity contribution >= 4 is 23.5 Å². The number of benzene rings is 2. The number of hydrogen-bond donors (Lipinski definition) is 1. The molecule has 0 unspecified atom stereocenters. The number of ether oxygens (including phenoxy) is 1. The van der Waals surface area contributed by atoms with Gasteiger partial charge < -0.3 is 4.74 Å². The summed E-state index contributed by atoms with van der Waals surface area (Å²) in [5, 5.41) is 1.26. The van der Waals surface area contributed by atoms with Crippen LogP contribution in [0.15, 0.2) is 48.5 Å². The summed E-state index contributed by atoms with van der Waals surface area (Å²) in [5.41, 5.74) is 4.84. The number of amides is 2. The Bertz CT molecular complexity index is 783. The zero-order chi connectivity index (χ0) is 16.4. The Labute approximate surface area is 132 Å². The number of hydrogen-bond acceptors (Lipinski definition) is 4. The normalized spacial score (nSPS) is 12.7. The second kappa shape index (κ2) is 5.92. The number of para-hydroxylation sites is 1. The van der Waals surface area contributed by atoms with Crippen LogP contribution in [-0.4, -0.2) is 24.9 Å². The predicted molar refractivity (Wildman–Crippen MR) is 82.9 cm³/mol. The molecule has 2 amide bonds. The van der Waals surface area contributed by atoms with Gasteiger partial charge in [-0.05, 0) is 35.9 Å². The van der Waals surface area contributed by atoms with Gasteiger partial charge in [0.1, 0.15) is 0 Å². The van der Waals surface area contributed by atoms with E-state index in [0.29, 0.717) is 16.8 Å². The van der Waals surface area contributed by atoms with Crippen LogP contribution in [0.2, 0.25) is 0 Å². The quantitative estimate of drug-likeness (QED) is 0.876. The maximum atomic E-state index is 12.3. The zero-order valence-corrected chi connectivity index (χ0v) is 12.4. The number of carbonyl (C=O) groups excluding carboxylic acids is 3. The van der Waals surface area contributed by atoms with Crippen molar-refractivity contribution in [1.29, 1.82) is 0 Å². The zero-order valence-electron chi connectivity index (χ0n) is 12.4. The lowest BCUT2D eigenvalue weighted by Crippen LogP contribution is -2.44. The molecule has 0 aliphatic carbocycles. The van der Waals surface area contributed by atoms with Gasteiger partial charge in [0.15, 0.2) is 0 Å². The van der Waals surface area contributed by atoms with E-state index in [9.17, 15) is 14.4 Å². The van der Waals surface area contributed by atoms with Gasteiger partial charge in [-0.3, -0.25) is 15.0 Å². The average Bonchev–Trinajstić information content (AvgIpc) is 2.90. The minimum Gasteiger partial charge on any atom is -0.465 e. The smallest absolute Gasteiger partial charge is 0.337 e. The Kier molecular flexibility index (Phi) is 3.80. The summed E-state index contributed by atoms with van der Waals surface area (Å²) in [7, 11) is 1.29. The van der Waals surface area contributed by atoms with Gasteiger partial charge in [-0.2, -0.15) is 0 Å². The molecule has 0 spiro atoms. The average molecular weight is 310 g/mol. The molecule has 6 nitrogen and oxygen atoms in total. The molecular weight excluding hydrogens is 296 g/mol. The van der Waals surface area contributed by atoms with Crippen LogP contribution in [0.3, 0.4) is 0 Å². The van der Waals surface area contributed by atoms with Crippen LogP contribution in [0, 0.1) is 0 Å². The highest BCUT2D eigenvalue weighted by molar-refractivity contribution is 6.06. The van der Waals surface area contributed by atoms with Crippen molar-refractivity contribution < 1.29 is 19.1 Å². The Morgan fingerprint density at radius 1 is 1.04 bits per heavy atom. The van der Waals surface area contributed by atoms with Crippen molar-refractivity contribution in [2.24, 2.45) is 0 Å². The number of nitrogens with one attached hydrogen (secondary N) is 1. The third kappa shape index (κ3) is 2.78. The van der Waals surface area contributed by atoms with E-state index < -0.39 is 11.9 Å². The first-order valence-electron chi connectivity index (χ1n) is 7.00. The van der Waals surface area contributed by atoms with Gasteiger partial charge in [0.25, 0.3) is 5.91 Å². The second-order valence-electron chi connectivity index (χ2n) is 5.04. The van der Waals surface area contributed by atoms with Gasteiger partial charge in [0, 0.05) is 5.56 Å². The third-order valence-corrected chi connectivity index (χ3v) is 3.61. The fourth-order valence-corrected chi connectivity index (χ4v) is 2.42. The molecule has 0 saturated heterocycles. The van der Waals surface area contributed by atoms with E-state index in [0.717, 1.165) is 5.56 Å². The lowest BCUT2D eigenvalue weighted by molar-refractivity contribution is -0.117. The molecule has 2 aromatic rings. The highest BCUT2D eigenvalue weighted by Gasteiger charge is 2.28. The first-order chi connectivity index (χ1) is 11.1. The van der Waals surface area contributed by atoms with Gasteiger partial charge in [0.2, 0.25) is 5.91 Å². The number of carbonyl (C=O) groups is 3. The van der Waals surface area contributed by atoms with Crippen LogP contribution in [-0.2, 0) is 16.0 Å². The molecule has 0 saturated carbocycles. The molecular formula is C17H14N2O4. The highest BCUT2D eigenvalue weighted by atomic mass is 16.5. The van der Waals surface area contributed by atoms with E-state index in [1.165, 1.54) is 36.4 Å². The van der Waals surface area contributed by atoms with Crippen molar-refractivity contribution in [2.45, 2.75) is 6.42 Å². The summed E-state index contributed by atoms with van der Waals surface area (Å²) in [6.07, 6.45) is 0.262. The number of esters is 1. The van der Waals surface area contributed by atoms with E-state index in [2.05, 4.69) is 10.2 Å². The van der Waals surface area contributed by atoms with E-state index in [4.69, 9.17) is 0 Å². The van der Waals surface area contributed by atoms with Crippen LogP contribution in [0.5, 0.6) is 0 Å². The summed E-state index contributed by atoms with van der Waals surface area (Å²) in [6.45, 7) is 0. The summed E-state index contributed by atoms with van der Waals surface area (Å²) >= 11 is 0. The number of rotatable bonds is 3. The van der Waals surface area contributed by atoms with Crippen LogP contribution in [0.25, 0.3) is 0 Å². The number of hydrazine groups is 1. The minimum absolute atomic E-state index is 0.189. The van der Waals surface area contributed by atoms with E-state index in [-0.39, 0.29) is 12.3 Å². The van der Waals surface area contributed by atoms with Crippen LogP contribution in [0.4, 0.5) is 5.69 Å². The number of anilines is 1. The van der Waals surface area contributed by atoms with Gasteiger partial charge in [-0.25, -0.2) is 9.80 Å². The van der Waals surface area contributed by atoms with Crippen molar-refractivity contribution in [3.05, 3.63) is 65.2 Å². The molecule has 0 atom stereocenters. The molecule has 0 bridgehead atoms. The Morgan fingerprint density at radius 2 is 1.70 bits per heavy atom. The highest BCUT2D eigenvalue weighted by Crippen LogP contribution is 2.26. The van der Waals surface area contributed by atoms with Gasteiger partial charge in [-0.1, -0.05) is 18.2 Å². The molecule has 1 aliphatic heterocycles. The molecule has 3 rings (SSSR count). The molecule has 6 heteroatoms. The van der Waals surface area contributed by atoms with Gasteiger partial charge >= 0.3 is 5.97 Å². The summed E-state index contributed by atoms with van der Waals surface area (Å²) in [4.78, 5) is 35.7. The van der Waals surface area contributed by atoms with Gasteiger partial charge in [0.05, 0.1) is 24.8 Å². The predicted octanol–water partition coefficient (Wildman–Crippen LogP) is 1.71. The largest absolute Gasteiger partial charge is 0.465 e. The molecule has 0 fully saturated rings. The lowest BCUT2D eigenvalue weighted by Gasteiger charge is -2.18. The topological polar surface area (TPSA) is 75.7 Å². The molecule has 1 aliphatic rings. The molecule has 1 N–H and O–H groups in total. The lowest BCUT2D eigenvalue weighted by atomic mass is 10.1. The van der Waals surface area contributed by atoms with Crippen molar-refractivity contribution in [2.75, 3.05) is 12.1 Å². The van der Waals surface area contributed by atoms with Crippen molar-refractivity contribution in [3.63, 3.8) is 0 Å². The van der Waals surface area contributed by atoms with Gasteiger partial charge in [-0.15, -0.1) is 0 Å². The molecule has 23 heavy (non-hydrogen) atoms. The number of methoxy groups -OCH3 is 1. The van der Waals surface area contributed by atoms with Crippen LogP contribution in [0.1, 0.15) is 26.3 Å². The maximum Gasteiger partial charge on any atom is 0.337 e. The molecule has 0 radical (unpaired) electrons. The van der Waals surface area contributed by atoms with E-state index in [1.54, 1.807) is 6.07 Å². The maximum absolute atomic E-state index is 12.3. The molecule has 116 valence electrons. The minimum atomic E-state index is -0.472. The summed E-state index contributed by atoms with van der Waals surface area (Å²) < 4.78 is 4.60. The monoisotopic (exact) mass is 310 g/mol. The van der Waals surface area contributed by atoms with Crippen molar-refractivity contribution in [3.8, 4) is 0 Å². The first kappa shape index (κ1) is 14.8. The number of fused-ring (bicyclic) bond motifs is 1. The fourth-order valence-electron chi connectivity index (χ4n) is 2.42. The fraction of sp³-hybridized carbons (Fsp3) is 0.118. The third-order valence-electron chi connectivity index (χ3n) is 3.61. The Morgan fingerprint density at radius 3 is 2.39 bits per heavy atom. The Balaban J connectivity index is 1.77. The second-order valence-corrected chi connectivity index (χ2v) is 5.04. The van der Waals surface area contributed by atoms with E-state index >= 15 is 0 Å². The summed E-state index contributed by atoms with van der Waals surface area (Å²) in [6, 6.07) is 13.3. The van der Waals surface area contributed by atoms with Crippen LogP contribution < -0.4 is 10.4 Å². The van der Waals surface area contributed by atoms with E-state index in [1.807, 2.05) is 18.2 Å². The number of nitrogens with zero attached hydrogens (tertiary/aromatic N) is 1.